The molecule has 5 heteroatoms. The third-order valence-electron chi connectivity index (χ3n) is 3.04. The molecule has 1 unspecified atom stereocenters. The molecular weight excluding hydrogens is 244 g/mol. The first-order valence-corrected chi connectivity index (χ1v) is 7.49. The molecule has 3 nitrogen and oxygen atoms in total. The van der Waals surface area contributed by atoms with E-state index in [2.05, 4.69) is 9.35 Å². The molecule has 0 radical (unpaired) electrons. The van der Waals surface area contributed by atoms with Crippen molar-refractivity contribution in [1.82, 2.24) is 4.98 Å². The van der Waals surface area contributed by atoms with Crippen molar-refractivity contribution in [2.45, 2.75) is 24.5 Å². The topological polar surface area (TPSA) is 42.3 Å². The van der Waals surface area contributed by atoms with Gasteiger partial charge in [0.05, 0.1) is 0 Å². The molecule has 1 aromatic heterocycles. The second kappa shape index (κ2) is 4.72. The van der Waals surface area contributed by atoms with Crippen LogP contribution in [0.5, 0.6) is 0 Å². The number of pyridine rings is 1. The average Bonchev–Trinajstić information content (AvgIpc) is 2.65. The van der Waals surface area contributed by atoms with Gasteiger partial charge in [0.25, 0.3) is 0 Å². The van der Waals surface area contributed by atoms with Crippen molar-refractivity contribution in [2.24, 2.45) is 4.36 Å². The van der Waals surface area contributed by atoms with Gasteiger partial charge in [-0.2, -0.15) is 0 Å². The number of halogens is 1. The van der Waals surface area contributed by atoms with Crippen LogP contribution in [0.3, 0.4) is 0 Å². The Morgan fingerprint density at radius 2 is 2.44 bits per heavy atom. The van der Waals surface area contributed by atoms with Crippen LogP contribution < -0.4 is 0 Å². The fourth-order valence-corrected chi connectivity index (χ4v) is 4.63. The van der Waals surface area contributed by atoms with Crippen LogP contribution in [0.1, 0.15) is 18.4 Å². The first kappa shape index (κ1) is 11.9. The molecule has 2 atom stereocenters. The van der Waals surface area contributed by atoms with Crippen LogP contribution in [0.25, 0.3) is 0 Å². The molecule has 0 aliphatic carbocycles. The third-order valence-corrected chi connectivity index (χ3v) is 6.20. The lowest BCUT2D eigenvalue weighted by Crippen LogP contribution is -2.18. The summed E-state index contributed by atoms with van der Waals surface area (Å²) in [5.41, 5.74) is 1.09. The molecule has 1 aliphatic rings. The van der Waals surface area contributed by atoms with E-state index in [9.17, 15) is 4.21 Å². The standard InChI is InChI=1S/C11H15ClN2OS/c1-13-16(15)6-2-3-10(16)7-9-4-5-11(12)14-8-9/h4-5,8,10H,2-3,6-7H2,1H3/t10-,16?/m0/s1. The average molecular weight is 259 g/mol. The van der Waals surface area contributed by atoms with Crippen LogP contribution in [-0.2, 0) is 16.1 Å². The monoisotopic (exact) mass is 258 g/mol. The predicted octanol–water partition coefficient (Wildman–Crippen LogP) is 2.54. The smallest absolute Gasteiger partial charge is 0.129 e. The summed E-state index contributed by atoms with van der Waals surface area (Å²) < 4.78 is 16.4. The van der Waals surface area contributed by atoms with Gasteiger partial charge in [-0.15, -0.1) is 0 Å². The highest BCUT2D eigenvalue weighted by molar-refractivity contribution is 7.94. The van der Waals surface area contributed by atoms with Gasteiger partial charge in [-0.1, -0.05) is 17.7 Å². The van der Waals surface area contributed by atoms with Crippen molar-refractivity contribution in [3.8, 4) is 0 Å². The molecule has 1 aliphatic heterocycles. The zero-order valence-corrected chi connectivity index (χ0v) is 10.8. The fourth-order valence-electron chi connectivity index (χ4n) is 2.13. The van der Waals surface area contributed by atoms with Gasteiger partial charge >= 0.3 is 0 Å². The lowest BCUT2D eigenvalue weighted by molar-refractivity contribution is 0.666. The largest absolute Gasteiger partial charge is 0.249 e. The molecule has 0 N–H and O–H groups in total. The summed E-state index contributed by atoms with van der Waals surface area (Å²) in [5.74, 6) is 0.745. The van der Waals surface area contributed by atoms with Crippen LogP contribution in [0.15, 0.2) is 22.7 Å². The highest BCUT2D eigenvalue weighted by Gasteiger charge is 2.28. The predicted molar refractivity (Wildman–Crippen MR) is 67.3 cm³/mol. The molecule has 1 aromatic rings. The van der Waals surface area contributed by atoms with Crippen molar-refractivity contribution in [3.63, 3.8) is 0 Å². The van der Waals surface area contributed by atoms with Crippen LogP contribution in [-0.4, -0.2) is 27.2 Å². The van der Waals surface area contributed by atoms with Crippen molar-refractivity contribution in [2.75, 3.05) is 12.8 Å². The second-order valence-electron chi connectivity index (χ2n) is 4.03. The summed E-state index contributed by atoms with van der Waals surface area (Å²) in [6, 6.07) is 3.72. The maximum Gasteiger partial charge on any atom is 0.129 e. The summed E-state index contributed by atoms with van der Waals surface area (Å²) in [7, 11) is -0.309. The molecule has 0 spiro atoms. The van der Waals surface area contributed by atoms with Gasteiger partial charge in [-0.05, 0) is 30.9 Å². The Morgan fingerprint density at radius 1 is 1.62 bits per heavy atom. The highest BCUT2D eigenvalue weighted by Crippen LogP contribution is 2.25. The van der Waals surface area contributed by atoms with Gasteiger partial charge in [0, 0.05) is 34.0 Å². The number of hydrogen-bond acceptors (Lipinski definition) is 3. The zero-order valence-electron chi connectivity index (χ0n) is 9.23. The van der Waals surface area contributed by atoms with Gasteiger partial charge < -0.3 is 0 Å². The molecular formula is C11H15ClN2OS. The van der Waals surface area contributed by atoms with Gasteiger partial charge in [0.15, 0.2) is 0 Å². The Hall–Kier alpha value is -0.610. The van der Waals surface area contributed by atoms with Crippen molar-refractivity contribution >= 4 is 21.3 Å². The van der Waals surface area contributed by atoms with E-state index in [0.29, 0.717) is 5.15 Å². The van der Waals surface area contributed by atoms with E-state index < -0.39 is 9.73 Å². The van der Waals surface area contributed by atoms with E-state index in [1.807, 2.05) is 6.07 Å². The van der Waals surface area contributed by atoms with Crippen LogP contribution in [0.2, 0.25) is 5.15 Å². The molecule has 2 rings (SSSR count). The zero-order chi connectivity index (χ0) is 11.6. The van der Waals surface area contributed by atoms with Gasteiger partial charge in [-0.3, -0.25) is 0 Å². The minimum absolute atomic E-state index is 0.181. The van der Waals surface area contributed by atoms with Crippen LogP contribution in [0, 0.1) is 0 Å². The molecule has 2 heterocycles. The molecule has 88 valence electrons. The molecule has 0 bridgehead atoms. The molecule has 0 aromatic carbocycles. The van der Waals surface area contributed by atoms with E-state index in [1.54, 1.807) is 19.3 Å². The van der Waals surface area contributed by atoms with Crippen LogP contribution in [0.4, 0.5) is 0 Å². The molecule has 16 heavy (non-hydrogen) atoms. The van der Waals surface area contributed by atoms with Crippen LogP contribution >= 0.6 is 11.6 Å². The number of aromatic nitrogens is 1. The summed E-state index contributed by atoms with van der Waals surface area (Å²) in [6.45, 7) is 0. The summed E-state index contributed by atoms with van der Waals surface area (Å²) >= 11 is 5.73. The number of nitrogens with zero attached hydrogens (tertiary/aromatic N) is 2. The van der Waals surface area contributed by atoms with Crippen molar-refractivity contribution in [3.05, 3.63) is 29.0 Å². The van der Waals surface area contributed by atoms with E-state index >= 15 is 0 Å². The summed E-state index contributed by atoms with van der Waals surface area (Å²) in [6.07, 6.45) is 4.57. The second-order valence-corrected chi connectivity index (χ2v) is 7.24. The Kier molecular flexibility index (Phi) is 3.50. The quantitative estimate of drug-likeness (QED) is 0.765. The SMILES string of the molecule is CN=S1(=O)CCC[C@H]1Cc1ccc(Cl)nc1. The maximum atomic E-state index is 12.3. The van der Waals surface area contributed by atoms with Gasteiger partial charge in [0.2, 0.25) is 0 Å². The lowest BCUT2D eigenvalue weighted by Gasteiger charge is -2.12. The van der Waals surface area contributed by atoms with E-state index in [1.165, 1.54) is 0 Å². The fraction of sp³-hybridized carbons (Fsp3) is 0.545. The summed E-state index contributed by atoms with van der Waals surface area (Å²) in [5, 5.41) is 0.677. The molecule has 1 fully saturated rings. The first-order valence-electron chi connectivity index (χ1n) is 5.36. The Labute approximate surface area is 101 Å². The van der Waals surface area contributed by atoms with Gasteiger partial charge in [-0.25, -0.2) is 13.6 Å². The third kappa shape index (κ3) is 2.38. The normalized spacial score (nSPS) is 29.2. The van der Waals surface area contributed by atoms with E-state index in [0.717, 1.165) is 30.6 Å². The van der Waals surface area contributed by atoms with Crippen molar-refractivity contribution in [1.29, 1.82) is 0 Å². The Balaban J connectivity index is 2.16. The minimum Gasteiger partial charge on any atom is -0.249 e. The van der Waals surface area contributed by atoms with E-state index in [-0.39, 0.29) is 5.25 Å². The Bertz CT molecular complexity index is 477. The first-order chi connectivity index (χ1) is 7.64. The van der Waals surface area contributed by atoms with E-state index in [4.69, 9.17) is 11.6 Å². The van der Waals surface area contributed by atoms with Crippen molar-refractivity contribution < 1.29 is 4.21 Å². The minimum atomic E-state index is -1.98. The van der Waals surface area contributed by atoms with Gasteiger partial charge in [0.1, 0.15) is 5.15 Å². The number of hydrogen-bond donors (Lipinski definition) is 0. The molecule has 1 saturated heterocycles. The molecule has 0 saturated carbocycles. The Morgan fingerprint density at radius 3 is 3.06 bits per heavy atom. The number of rotatable bonds is 2. The highest BCUT2D eigenvalue weighted by atomic mass is 35.5. The lowest BCUT2D eigenvalue weighted by atomic mass is 10.1. The molecule has 0 amide bonds. The summed E-state index contributed by atoms with van der Waals surface area (Å²) in [4.78, 5) is 4.04. The maximum absolute atomic E-state index is 12.3.